The van der Waals surface area contributed by atoms with Gasteiger partial charge in [-0.3, -0.25) is 0 Å². The first-order chi connectivity index (χ1) is 7.60. The molecule has 2 aliphatic rings. The minimum Gasteiger partial charge on any atom is -0.381 e. The molecule has 6 heteroatoms. The average molecular weight is 248 g/mol. The number of hydrogen-bond acceptors (Lipinski definition) is 4. The lowest BCUT2D eigenvalue weighted by molar-refractivity contribution is 0.0969. The summed E-state index contributed by atoms with van der Waals surface area (Å²) in [6.07, 6.45) is 1.28. The van der Waals surface area contributed by atoms with Gasteiger partial charge in [0.1, 0.15) is 0 Å². The summed E-state index contributed by atoms with van der Waals surface area (Å²) in [5, 5.41) is 3.03. The van der Waals surface area contributed by atoms with Crippen molar-refractivity contribution in [3.05, 3.63) is 0 Å². The van der Waals surface area contributed by atoms with Crippen LogP contribution in [-0.2, 0) is 14.8 Å². The van der Waals surface area contributed by atoms with E-state index in [4.69, 9.17) is 4.74 Å². The van der Waals surface area contributed by atoms with Crippen molar-refractivity contribution in [2.45, 2.75) is 31.1 Å². The predicted octanol–water partition coefficient (Wildman–Crippen LogP) is -0.211. The number of rotatable bonds is 2. The van der Waals surface area contributed by atoms with Gasteiger partial charge in [-0.2, -0.15) is 4.31 Å². The van der Waals surface area contributed by atoms with E-state index in [1.54, 1.807) is 4.31 Å². The van der Waals surface area contributed by atoms with Crippen molar-refractivity contribution in [2.75, 3.05) is 32.8 Å². The Bertz CT molecular complexity index is 325. The lowest BCUT2D eigenvalue weighted by atomic mass is 10.2. The van der Waals surface area contributed by atoms with E-state index in [0.29, 0.717) is 39.1 Å². The van der Waals surface area contributed by atoms with Crippen molar-refractivity contribution in [3.63, 3.8) is 0 Å². The average Bonchev–Trinajstić information content (AvgIpc) is 2.30. The van der Waals surface area contributed by atoms with E-state index in [0.717, 1.165) is 6.54 Å². The van der Waals surface area contributed by atoms with Gasteiger partial charge in [-0.25, -0.2) is 8.42 Å². The molecule has 16 heavy (non-hydrogen) atoms. The van der Waals surface area contributed by atoms with Gasteiger partial charge >= 0.3 is 0 Å². The Morgan fingerprint density at radius 1 is 1.31 bits per heavy atom. The van der Waals surface area contributed by atoms with Crippen LogP contribution < -0.4 is 5.32 Å². The third kappa shape index (κ3) is 2.56. The molecule has 94 valence electrons. The molecule has 0 amide bonds. The molecule has 2 rings (SSSR count). The summed E-state index contributed by atoms with van der Waals surface area (Å²) in [4.78, 5) is 0. The van der Waals surface area contributed by atoms with Crippen molar-refractivity contribution >= 4 is 10.0 Å². The van der Waals surface area contributed by atoms with Crippen LogP contribution in [0.15, 0.2) is 0 Å². The van der Waals surface area contributed by atoms with Gasteiger partial charge in [0.2, 0.25) is 10.0 Å². The SMILES string of the molecule is CC1CN(S(=O)(=O)C2CCOCC2)CCN1. The Balaban J connectivity index is 2.05. The maximum absolute atomic E-state index is 12.3. The van der Waals surface area contributed by atoms with E-state index in [9.17, 15) is 8.42 Å². The van der Waals surface area contributed by atoms with E-state index in [1.807, 2.05) is 6.92 Å². The van der Waals surface area contributed by atoms with Crippen LogP contribution in [0.3, 0.4) is 0 Å². The van der Waals surface area contributed by atoms with Crippen LogP contribution in [0.25, 0.3) is 0 Å². The minimum absolute atomic E-state index is 0.230. The lowest BCUT2D eigenvalue weighted by Gasteiger charge is -2.34. The third-order valence-corrected chi connectivity index (χ3v) is 5.65. The summed E-state index contributed by atoms with van der Waals surface area (Å²) in [6.45, 7) is 5.12. The maximum Gasteiger partial charge on any atom is 0.217 e. The van der Waals surface area contributed by atoms with Crippen molar-refractivity contribution in [1.29, 1.82) is 0 Å². The van der Waals surface area contributed by atoms with Gasteiger partial charge in [-0.1, -0.05) is 0 Å². The van der Waals surface area contributed by atoms with Crippen molar-refractivity contribution in [3.8, 4) is 0 Å². The molecule has 2 aliphatic heterocycles. The molecule has 5 nitrogen and oxygen atoms in total. The Labute approximate surface area is 97.2 Å². The molecule has 0 bridgehead atoms. The smallest absolute Gasteiger partial charge is 0.217 e. The van der Waals surface area contributed by atoms with Crippen molar-refractivity contribution in [2.24, 2.45) is 0 Å². The van der Waals surface area contributed by atoms with Gasteiger partial charge in [-0.05, 0) is 19.8 Å². The molecule has 0 saturated carbocycles. The van der Waals surface area contributed by atoms with E-state index in [1.165, 1.54) is 0 Å². The number of nitrogens with one attached hydrogen (secondary N) is 1. The Kier molecular flexibility index (Phi) is 3.84. The fourth-order valence-corrected chi connectivity index (χ4v) is 4.30. The van der Waals surface area contributed by atoms with Crippen LogP contribution in [0.4, 0.5) is 0 Å². The first kappa shape index (κ1) is 12.3. The summed E-state index contributed by atoms with van der Waals surface area (Å²) in [5.74, 6) is 0. The van der Waals surface area contributed by atoms with E-state index in [2.05, 4.69) is 5.32 Å². The number of ether oxygens (including phenoxy) is 1. The molecular formula is C10H20N2O3S. The lowest BCUT2D eigenvalue weighted by Crippen LogP contribution is -2.53. The van der Waals surface area contributed by atoms with E-state index >= 15 is 0 Å². The molecule has 0 aliphatic carbocycles. The highest BCUT2D eigenvalue weighted by molar-refractivity contribution is 7.89. The first-order valence-corrected chi connectivity index (χ1v) is 7.41. The van der Waals surface area contributed by atoms with Crippen LogP contribution in [-0.4, -0.2) is 56.9 Å². The van der Waals surface area contributed by atoms with Gasteiger partial charge in [0.25, 0.3) is 0 Å². The summed E-state index contributed by atoms with van der Waals surface area (Å²) < 4.78 is 31.5. The van der Waals surface area contributed by atoms with Crippen molar-refractivity contribution in [1.82, 2.24) is 9.62 Å². The van der Waals surface area contributed by atoms with Gasteiger partial charge in [0, 0.05) is 38.9 Å². The molecule has 0 radical (unpaired) electrons. The van der Waals surface area contributed by atoms with Gasteiger partial charge in [0.05, 0.1) is 5.25 Å². The molecule has 2 heterocycles. The second-order valence-corrected chi connectivity index (χ2v) is 6.78. The standard InChI is InChI=1S/C10H20N2O3S/c1-9-8-12(5-4-11-9)16(13,14)10-2-6-15-7-3-10/h9-11H,2-8H2,1H3. The maximum atomic E-state index is 12.3. The largest absolute Gasteiger partial charge is 0.381 e. The first-order valence-electron chi connectivity index (χ1n) is 5.91. The highest BCUT2D eigenvalue weighted by Gasteiger charge is 2.34. The number of nitrogens with zero attached hydrogens (tertiary/aromatic N) is 1. The van der Waals surface area contributed by atoms with Crippen LogP contribution >= 0.6 is 0 Å². The topological polar surface area (TPSA) is 58.6 Å². The molecule has 1 atom stereocenters. The zero-order valence-corrected chi connectivity index (χ0v) is 10.5. The minimum atomic E-state index is -3.10. The van der Waals surface area contributed by atoms with Gasteiger partial charge in [-0.15, -0.1) is 0 Å². The predicted molar refractivity (Wildman–Crippen MR) is 61.8 cm³/mol. The summed E-state index contributed by atoms with van der Waals surface area (Å²) in [5.41, 5.74) is 0. The van der Waals surface area contributed by atoms with E-state index < -0.39 is 10.0 Å². The molecular weight excluding hydrogens is 228 g/mol. The molecule has 2 saturated heterocycles. The summed E-state index contributed by atoms with van der Waals surface area (Å²) >= 11 is 0. The van der Waals surface area contributed by atoms with Crippen LogP contribution in [0.1, 0.15) is 19.8 Å². The molecule has 2 fully saturated rings. The van der Waals surface area contributed by atoms with Crippen LogP contribution in [0, 0.1) is 0 Å². The zero-order valence-electron chi connectivity index (χ0n) is 9.68. The highest BCUT2D eigenvalue weighted by atomic mass is 32.2. The third-order valence-electron chi connectivity index (χ3n) is 3.28. The molecule has 0 spiro atoms. The summed E-state index contributed by atoms with van der Waals surface area (Å²) in [7, 11) is -3.10. The highest BCUT2D eigenvalue weighted by Crippen LogP contribution is 2.20. The second kappa shape index (κ2) is 5.00. The zero-order chi connectivity index (χ0) is 11.6. The fraction of sp³-hybridized carbons (Fsp3) is 1.00. The normalized spacial score (nSPS) is 30.4. The number of hydrogen-bond donors (Lipinski definition) is 1. The fourth-order valence-electron chi connectivity index (χ4n) is 2.31. The molecule has 0 aromatic rings. The molecule has 0 aromatic heterocycles. The Hall–Kier alpha value is -0.170. The monoisotopic (exact) mass is 248 g/mol. The van der Waals surface area contributed by atoms with Gasteiger partial charge < -0.3 is 10.1 Å². The molecule has 1 N–H and O–H groups in total. The number of piperazine rings is 1. The van der Waals surface area contributed by atoms with E-state index in [-0.39, 0.29) is 11.3 Å². The van der Waals surface area contributed by atoms with Crippen LogP contribution in [0.5, 0.6) is 0 Å². The molecule has 0 aromatic carbocycles. The van der Waals surface area contributed by atoms with Gasteiger partial charge in [0.15, 0.2) is 0 Å². The Morgan fingerprint density at radius 2 is 2.00 bits per heavy atom. The summed E-state index contributed by atoms with van der Waals surface area (Å²) in [6, 6.07) is 0.253. The second-order valence-electron chi connectivity index (χ2n) is 4.57. The van der Waals surface area contributed by atoms with Crippen molar-refractivity contribution < 1.29 is 13.2 Å². The Morgan fingerprint density at radius 3 is 2.62 bits per heavy atom. The number of sulfonamides is 1. The molecule has 1 unspecified atom stereocenters. The van der Waals surface area contributed by atoms with Crippen LogP contribution in [0.2, 0.25) is 0 Å². The quantitative estimate of drug-likeness (QED) is 0.734.